The summed E-state index contributed by atoms with van der Waals surface area (Å²) in [5, 5.41) is 3.22. The molecule has 0 aromatic heterocycles. The molecule has 1 aromatic carbocycles. The van der Waals surface area contributed by atoms with Crippen molar-refractivity contribution < 1.29 is 0 Å². The lowest BCUT2D eigenvalue weighted by Crippen LogP contribution is -2.23. The first-order chi connectivity index (χ1) is 6.27. The van der Waals surface area contributed by atoms with Gasteiger partial charge in [0.1, 0.15) is 5.84 Å². The summed E-state index contributed by atoms with van der Waals surface area (Å²) in [7, 11) is 1.80. The number of aryl methyl sites for hydroxylation is 1. The maximum Gasteiger partial charge on any atom is 0.127 e. The number of aliphatic imine (C=N–C) groups is 1. The van der Waals surface area contributed by atoms with Gasteiger partial charge in [0.05, 0.1) is 0 Å². The molecule has 0 fully saturated rings. The molecule has 2 heteroatoms. The Morgan fingerprint density at radius 2 is 1.86 bits per heavy atom. The second-order valence-corrected chi connectivity index (χ2v) is 2.97. The fourth-order valence-corrected chi connectivity index (χ4v) is 1.19. The summed E-state index contributed by atoms with van der Waals surface area (Å²) in [6.07, 6.45) is 0. The smallest absolute Gasteiger partial charge is 0.127 e. The zero-order valence-electron chi connectivity index (χ0n) is 8.46. The predicted molar refractivity (Wildman–Crippen MR) is 64.0 cm³/mol. The third-order valence-corrected chi connectivity index (χ3v) is 1.89. The molecule has 0 atom stereocenters. The Kier molecular flexibility index (Phi) is 5.61. The SMILES string of the molecule is C.CCNC(=NC)c1ccc(C)cc1. The first kappa shape index (κ1) is 12.7. The molecule has 0 spiro atoms. The predicted octanol–water partition coefficient (Wildman–Crippen LogP) is 2.62. The van der Waals surface area contributed by atoms with E-state index in [0.29, 0.717) is 0 Å². The van der Waals surface area contributed by atoms with Crippen LogP contribution >= 0.6 is 0 Å². The van der Waals surface area contributed by atoms with Crippen molar-refractivity contribution in [3.63, 3.8) is 0 Å². The molecule has 0 saturated heterocycles. The Bertz CT molecular complexity index is 286. The highest BCUT2D eigenvalue weighted by atomic mass is 15.0. The first-order valence-electron chi connectivity index (χ1n) is 4.55. The Morgan fingerprint density at radius 3 is 2.29 bits per heavy atom. The molecule has 0 heterocycles. The van der Waals surface area contributed by atoms with Gasteiger partial charge >= 0.3 is 0 Å². The van der Waals surface area contributed by atoms with Crippen molar-refractivity contribution in [3.8, 4) is 0 Å². The topological polar surface area (TPSA) is 24.4 Å². The lowest BCUT2D eigenvalue weighted by molar-refractivity contribution is 0.962. The van der Waals surface area contributed by atoms with Crippen LogP contribution < -0.4 is 5.32 Å². The lowest BCUT2D eigenvalue weighted by Gasteiger charge is -2.06. The second-order valence-electron chi connectivity index (χ2n) is 2.97. The molecule has 0 radical (unpaired) electrons. The van der Waals surface area contributed by atoms with Gasteiger partial charge in [-0.3, -0.25) is 4.99 Å². The molecule has 0 aliphatic heterocycles. The van der Waals surface area contributed by atoms with E-state index in [1.54, 1.807) is 7.05 Å². The summed E-state index contributed by atoms with van der Waals surface area (Å²) in [5.41, 5.74) is 2.42. The maximum absolute atomic E-state index is 4.18. The van der Waals surface area contributed by atoms with Crippen LogP contribution in [-0.2, 0) is 0 Å². The average Bonchev–Trinajstić information content (AvgIpc) is 2.16. The van der Waals surface area contributed by atoms with Crippen molar-refractivity contribution >= 4 is 5.84 Å². The number of rotatable bonds is 2. The normalized spacial score (nSPS) is 10.6. The fourth-order valence-electron chi connectivity index (χ4n) is 1.19. The summed E-state index contributed by atoms with van der Waals surface area (Å²) < 4.78 is 0. The summed E-state index contributed by atoms with van der Waals surface area (Å²) in [6.45, 7) is 5.06. The molecule has 0 aliphatic carbocycles. The zero-order valence-corrected chi connectivity index (χ0v) is 8.46. The minimum absolute atomic E-state index is 0. The van der Waals surface area contributed by atoms with E-state index in [4.69, 9.17) is 0 Å². The van der Waals surface area contributed by atoms with Crippen LogP contribution in [0.15, 0.2) is 29.3 Å². The molecule has 78 valence electrons. The summed E-state index contributed by atoms with van der Waals surface area (Å²) in [6, 6.07) is 8.36. The van der Waals surface area contributed by atoms with E-state index in [1.165, 1.54) is 5.56 Å². The molecule has 14 heavy (non-hydrogen) atoms. The van der Waals surface area contributed by atoms with Crippen molar-refractivity contribution in [3.05, 3.63) is 35.4 Å². The Hall–Kier alpha value is -1.31. The van der Waals surface area contributed by atoms with Gasteiger partial charge in [-0.05, 0) is 13.8 Å². The molecule has 0 amide bonds. The van der Waals surface area contributed by atoms with E-state index in [1.807, 2.05) is 0 Å². The molecule has 0 saturated carbocycles. The monoisotopic (exact) mass is 192 g/mol. The third kappa shape index (κ3) is 3.21. The largest absolute Gasteiger partial charge is 0.370 e. The molecule has 0 aliphatic rings. The van der Waals surface area contributed by atoms with Gasteiger partial charge in [-0.1, -0.05) is 37.3 Å². The van der Waals surface area contributed by atoms with Crippen molar-refractivity contribution in [2.24, 2.45) is 4.99 Å². The van der Waals surface area contributed by atoms with Gasteiger partial charge in [0, 0.05) is 19.2 Å². The standard InChI is InChI=1S/C11H16N2.CH4/c1-4-13-11(12-3)10-7-5-9(2)6-8-10;/h5-8H,4H2,1-3H3,(H,12,13);1H4. The number of amidine groups is 1. The van der Waals surface area contributed by atoms with E-state index in [0.717, 1.165) is 17.9 Å². The Morgan fingerprint density at radius 1 is 1.29 bits per heavy atom. The highest BCUT2D eigenvalue weighted by Crippen LogP contribution is 2.03. The minimum atomic E-state index is 0. The van der Waals surface area contributed by atoms with Crippen LogP contribution in [-0.4, -0.2) is 19.4 Å². The molecule has 1 rings (SSSR count). The van der Waals surface area contributed by atoms with Crippen LogP contribution in [0.2, 0.25) is 0 Å². The second kappa shape index (κ2) is 6.19. The van der Waals surface area contributed by atoms with Crippen molar-refractivity contribution in [1.29, 1.82) is 0 Å². The highest BCUT2D eigenvalue weighted by Gasteiger charge is 1.98. The number of hydrogen-bond acceptors (Lipinski definition) is 1. The van der Waals surface area contributed by atoms with Crippen LogP contribution in [0.25, 0.3) is 0 Å². The van der Waals surface area contributed by atoms with Gasteiger partial charge in [0.2, 0.25) is 0 Å². The number of benzene rings is 1. The van der Waals surface area contributed by atoms with Crippen LogP contribution in [0.5, 0.6) is 0 Å². The van der Waals surface area contributed by atoms with Crippen molar-refractivity contribution in [2.75, 3.05) is 13.6 Å². The fraction of sp³-hybridized carbons (Fsp3) is 0.417. The highest BCUT2D eigenvalue weighted by molar-refractivity contribution is 5.98. The van der Waals surface area contributed by atoms with E-state index >= 15 is 0 Å². The molecule has 2 nitrogen and oxygen atoms in total. The van der Waals surface area contributed by atoms with Crippen LogP contribution in [0.3, 0.4) is 0 Å². The van der Waals surface area contributed by atoms with Crippen LogP contribution in [0.1, 0.15) is 25.5 Å². The van der Waals surface area contributed by atoms with Gasteiger partial charge in [-0.2, -0.15) is 0 Å². The van der Waals surface area contributed by atoms with Crippen LogP contribution in [0, 0.1) is 6.92 Å². The van der Waals surface area contributed by atoms with E-state index in [-0.39, 0.29) is 7.43 Å². The Balaban J connectivity index is 0.00000169. The van der Waals surface area contributed by atoms with E-state index < -0.39 is 0 Å². The number of nitrogens with one attached hydrogen (secondary N) is 1. The van der Waals surface area contributed by atoms with Crippen molar-refractivity contribution in [1.82, 2.24) is 5.32 Å². The lowest BCUT2D eigenvalue weighted by atomic mass is 10.1. The summed E-state index contributed by atoms with van der Waals surface area (Å²) >= 11 is 0. The quantitative estimate of drug-likeness (QED) is 0.565. The van der Waals surface area contributed by atoms with Gasteiger partial charge < -0.3 is 5.32 Å². The minimum Gasteiger partial charge on any atom is -0.370 e. The molecule has 1 aromatic rings. The zero-order chi connectivity index (χ0) is 9.68. The summed E-state index contributed by atoms with van der Waals surface area (Å²) in [5.74, 6) is 0.961. The Labute approximate surface area is 87.1 Å². The summed E-state index contributed by atoms with van der Waals surface area (Å²) in [4.78, 5) is 4.18. The number of hydrogen-bond donors (Lipinski definition) is 1. The van der Waals surface area contributed by atoms with Crippen molar-refractivity contribution in [2.45, 2.75) is 21.3 Å². The average molecular weight is 192 g/mol. The molecule has 0 unspecified atom stereocenters. The van der Waals surface area contributed by atoms with Gasteiger partial charge in [0.15, 0.2) is 0 Å². The van der Waals surface area contributed by atoms with Gasteiger partial charge in [0.25, 0.3) is 0 Å². The van der Waals surface area contributed by atoms with E-state index in [2.05, 4.69) is 48.4 Å². The third-order valence-electron chi connectivity index (χ3n) is 1.89. The maximum atomic E-state index is 4.18. The molecule has 1 N–H and O–H groups in total. The molecular formula is C12H20N2. The van der Waals surface area contributed by atoms with E-state index in [9.17, 15) is 0 Å². The first-order valence-corrected chi connectivity index (χ1v) is 4.55. The van der Waals surface area contributed by atoms with Crippen LogP contribution in [0.4, 0.5) is 0 Å². The molecular weight excluding hydrogens is 172 g/mol. The van der Waals surface area contributed by atoms with Gasteiger partial charge in [-0.15, -0.1) is 0 Å². The molecule has 0 bridgehead atoms. The van der Waals surface area contributed by atoms with Gasteiger partial charge in [-0.25, -0.2) is 0 Å². The number of nitrogens with zero attached hydrogens (tertiary/aromatic N) is 1.